The molecule has 1 aliphatic carbocycles. The van der Waals surface area contributed by atoms with Crippen molar-refractivity contribution in [3.63, 3.8) is 0 Å². The number of fused-ring (bicyclic) bond motifs is 1. The number of esters is 1. The van der Waals surface area contributed by atoms with Gasteiger partial charge in [0.2, 0.25) is 0 Å². The molecule has 2 aromatic rings. The van der Waals surface area contributed by atoms with E-state index in [4.69, 9.17) is 4.74 Å². The lowest BCUT2D eigenvalue weighted by molar-refractivity contribution is -0.148. The molecule has 1 atom stereocenters. The second-order valence-electron chi connectivity index (χ2n) is 8.14. The fourth-order valence-electron chi connectivity index (χ4n) is 3.76. The van der Waals surface area contributed by atoms with Crippen molar-refractivity contribution in [1.82, 2.24) is 0 Å². The van der Waals surface area contributed by atoms with Crippen LogP contribution >= 0.6 is 0 Å². The molecule has 0 heterocycles. The zero-order valence-corrected chi connectivity index (χ0v) is 16.2. The second kappa shape index (κ2) is 7.51. The van der Waals surface area contributed by atoms with Gasteiger partial charge in [-0.1, -0.05) is 60.7 Å². The summed E-state index contributed by atoms with van der Waals surface area (Å²) in [6.07, 6.45) is 4.80. The molecule has 3 rings (SSSR count). The highest BCUT2D eigenvalue weighted by atomic mass is 16.6. The summed E-state index contributed by atoms with van der Waals surface area (Å²) in [5.41, 5.74) is 2.13. The van der Waals surface area contributed by atoms with E-state index in [2.05, 4.69) is 0 Å². The minimum atomic E-state index is -0.629. The van der Waals surface area contributed by atoms with E-state index in [1.165, 1.54) is 6.08 Å². The van der Waals surface area contributed by atoms with E-state index in [-0.39, 0.29) is 11.8 Å². The molecular weight excluding hydrogens is 336 g/mol. The summed E-state index contributed by atoms with van der Waals surface area (Å²) in [4.78, 5) is 25.1. The molecule has 1 aliphatic rings. The number of hydrogen-bond acceptors (Lipinski definition) is 3. The lowest BCUT2D eigenvalue weighted by Gasteiger charge is -2.28. The summed E-state index contributed by atoms with van der Waals surface area (Å²) >= 11 is 0. The van der Waals surface area contributed by atoms with E-state index in [1.807, 2.05) is 75.4 Å². The highest BCUT2D eigenvalue weighted by molar-refractivity contribution is 5.97. The van der Waals surface area contributed by atoms with Crippen LogP contribution in [0.2, 0.25) is 0 Å². The van der Waals surface area contributed by atoms with Crippen LogP contribution in [0.15, 0.2) is 66.7 Å². The van der Waals surface area contributed by atoms with Crippen LogP contribution in [0.5, 0.6) is 0 Å². The maximum absolute atomic E-state index is 13.1. The van der Waals surface area contributed by atoms with Crippen LogP contribution < -0.4 is 0 Å². The van der Waals surface area contributed by atoms with Crippen molar-refractivity contribution in [1.29, 1.82) is 0 Å². The number of rotatable bonds is 5. The summed E-state index contributed by atoms with van der Waals surface area (Å²) in [7, 11) is 0. The number of hydrogen-bond donors (Lipinski definition) is 0. The van der Waals surface area contributed by atoms with Crippen LogP contribution in [0.25, 0.3) is 0 Å². The van der Waals surface area contributed by atoms with Gasteiger partial charge in [-0.2, -0.15) is 0 Å². The number of allylic oxidation sites excluding steroid dienone is 1. The van der Waals surface area contributed by atoms with E-state index >= 15 is 0 Å². The van der Waals surface area contributed by atoms with Crippen molar-refractivity contribution < 1.29 is 14.3 Å². The number of ketones is 1. The first-order valence-electron chi connectivity index (χ1n) is 9.35. The third-order valence-electron chi connectivity index (χ3n) is 4.89. The monoisotopic (exact) mass is 362 g/mol. The minimum Gasteiger partial charge on any atom is -0.457 e. The Kier molecular flexibility index (Phi) is 5.31. The lowest BCUT2D eigenvalue weighted by Crippen LogP contribution is -2.34. The molecular formula is C24H26O3. The van der Waals surface area contributed by atoms with E-state index in [9.17, 15) is 9.59 Å². The third kappa shape index (κ3) is 4.36. The molecule has 3 nitrogen and oxygen atoms in total. The predicted octanol–water partition coefficient (Wildman–Crippen LogP) is 4.58. The quantitative estimate of drug-likeness (QED) is 0.578. The van der Waals surface area contributed by atoms with Crippen LogP contribution in [0.1, 0.15) is 43.9 Å². The van der Waals surface area contributed by atoms with Crippen molar-refractivity contribution in [2.75, 3.05) is 0 Å². The van der Waals surface area contributed by atoms with Crippen LogP contribution in [0, 0.1) is 0 Å². The summed E-state index contributed by atoms with van der Waals surface area (Å²) in [5, 5.41) is 0. The summed E-state index contributed by atoms with van der Waals surface area (Å²) in [6.45, 7) is 5.52. The van der Waals surface area contributed by atoms with Gasteiger partial charge in [0.25, 0.3) is 0 Å². The first-order chi connectivity index (χ1) is 12.8. The maximum Gasteiger partial charge on any atom is 0.330 e. The van der Waals surface area contributed by atoms with Gasteiger partial charge < -0.3 is 4.74 Å². The summed E-state index contributed by atoms with van der Waals surface area (Å²) in [6, 6.07) is 18.1. The van der Waals surface area contributed by atoms with Crippen LogP contribution in [-0.4, -0.2) is 17.4 Å². The minimum absolute atomic E-state index is 0.210. The van der Waals surface area contributed by atoms with Crippen molar-refractivity contribution in [3.05, 3.63) is 83.4 Å². The molecule has 0 bridgehead atoms. The largest absolute Gasteiger partial charge is 0.457 e. The second-order valence-corrected chi connectivity index (χ2v) is 8.14. The summed E-state index contributed by atoms with van der Waals surface area (Å²) < 4.78 is 5.34. The van der Waals surface area contributed by atoms with E-state index in [1.54, 1.807) is 6.08 Å². The number of ether oxygens (including phenoxy) is 1. The zero-order valence-electron chi connectivity index (χ0n) is 16.2. The van der Waals surface area contributed by atoms with Gasteiger partial charge in [0.05, 0.1) is 5.41 Å². The smallest absolute Gasteiger partial charge is 0.330 e. The van der Waals surface area contributed by atoms with Gasteiger partial charge in [0.15, 0.2) is 0 Å². The number of benzene rings is 2. The molecule has 0 unspecified atom stereocenters. The number of Topliss-reactive ketones (excluding diaryl/α,β-unsaturated/α-hetero) is 1. The van der Waals surface area contributed by atoms with Gasteiger partial charge in [-0.15, -0.1) is 0 Å². The highest BCUT2D eigenvalue weighted by Gasteiger charge is 2.45. The maximum atomic E-state index is 13.1. The SMILES string of the molecule is CC(C)(C)OC(=O)/C=C/C[C@@]1(Cc2ccccc2)C(=O)Cc2ccccc21. The predicted molar refractivity (Wildman–Crippen MR) is 107 cm³/mol. The molecule has 0 radical (unpaired) electrons. The number of carbonyl (C=O) groups excluding carboxylic acids is 2. The van der Waals surface area contributed by atoms with Gasteiger partial charge >= 0.3 is 5.97 Å². The molecule has 0 saturated heterocycles. The summed E-state index contributed by atoms with van der Waals surface area (Å²) in [5.74, 6) is -0.169. The average Bonchev–Trinajstić information content (AvgIpc) is 2.86. The molecule has 3 heteroatoms. The Morgan fingerprint density at radius 1 is 1.07 bits per heavy atom. The molecule has 2 aromatic carbocycles. The molecule has 0 aromatic heterocycles. The number of carbonyl (C=O) groups is 2. The fraction of sp³-hybridized carbons (Fsp3) is 0.333. The van der Waals surface area contributed by atoms with Crippen LogP contribution in [0.3, 0.4) is 0 Å². The topological polar surface area (TPSA) is 43.4 Å². The Hall–Kier alpha value is -2.68. The van der Waals surface area contributed by atoms with Gasteiger partial charge in [-0.3, -0.25) is 4.79 Å². The molecule has 140 valence electrons. The molecule has 27 heavy (non-hydrogen) atoms. The molecule has 0 spiro atoms. The van der Waals surface area contributed by atoms with Crippen molar-refractivity contribution in [3.8, 4) is 0 Å². The van der Waals surface area contributed by atoms with Gasteiger partial charge in [-0.05, 0) is 50.3 Å². The first-order valence-corrected chi connectivity index (χ1v) is 9.35. The van der Waals surface area contributed by atoms with Gasteiger partial charge in [-0.25, -0.2) is 4.79 Å². The van der Waals surface area contributed by atoms with Crippen molar-refractivity contribution >= 4 is 11.8 Å². The standard InChI is InChI=1S/C24H26O3/c1-23(2,3)27-22(26)14-9-15-24(17-18-10-5-4-6-11-18)20-13-8-7-12-19(20)16-21(24)25/h4-14H,15-17H2,1-3H3/b14-9+/t24-/m0/s1. The molecule has 0 aliphatic heterocycles. The first kappa shape index (κ1) is 19.1. The Morgan fingerprint density at radius 3 is 2.44 bits per heavy atom. The van der Waals surface area contributed by atoms with Crippen molar-refractivity contribution in [2.45, 2.75) is 51.0 Å². The third-order valence-corrected chi connectivity index (χ3v) is 4.89. The van der Waals surface area contributed by atoms with E-state index in [0.29, 0.717) is 19.3 Å². The Balaban J connectivity index is 1.90. The molecule has 0 N–H and O–H groups in total. The van der Waals surface area contributed by atoms with Crippen LogP contribution in [0.4, 0.5) is 0 Å². The molecule has 0 amide bonds. The average molecular weight is 362 g/mol. The van der Waals surface area contributed by atoms with E-state index in [0.717, 1.165) is 16.7 Å². The lowest BCUT2D eigenvalue weighted by atomic mass is 9.73. The fourth-order valence-corrected chi connectivity index (χ4v) is 3.76. The Morgan fingerprint density at radius 2 is 1.74 bits per heavy atom. The Labute approximate surface area is 161 Å². The zero-order chi connectivity index (χ0) is 19.5. The molecule has 0 fully saturated rings. The van der Waals surface area contributed by atoms with E-state index < -0.39 is 11.0 Å². The Bertz CT molecular complexity index is 859. The molecule has 0 saturated carbocycles. The van der Waals surface area contributed by atoms with Crippen LogP contribution in [-0.2, 0) is 32.6 Å². The van der Waals surface area contributed by atoms with Crippen molar-refractivity contribution in [2.24, 2.45) is 0 Å². The van der Waals surface area contributed by atoms with Gasteiger partial charge in [0.1, 0.15) is 11.4 Å². The van der Waals surface area contributed by atoms with Gasteiger partial charge in [0, 0.05) is 12.5 Å². The normalized spacial score (nSPS) is 19.3. The highest BCUT2D eigenvalue weighted by Crippen LogP contribution is 2.42.